The van der Waals surface area contributed by atoms with E-state index >= 15 is 0 Å². The number of imidazole rings is 1. The lowest BCUT2D eigenvalue weighted by Crippen LogP contribution is -1.97. The number of hydrogen-bond donors (Lipinski definition) is 1. The van der Waals surface area contributed by atoms with Crippen molar-refractivity contribution in [3.63, 3.8) is 0 Å². The molecule has 3 rings (SSSR count). The fraction of sp³-hybridized carbons (Fsp3) is 0.133. The number of nitrogens with zero attached hydrogens (tertiary/aromatic N) is 2. The molecule has 0 amide bonds. The quantitative estimate of drug-likeness (QED) is 0.742. The third-order valence-corrected chi connectivity index (χ3v) is 3.10. The van der Waals surface area contributed by atoms with Crippen molar-refractivity contribution in [3.05, 3.63) is 48.5 Å². The number of aromatic nitrogens is 2. The van der Waals surface area contributed by atoms with E-state index in [1.807, 2.05) is 30.3 Å². The summed E-state index contributed by atoms with van der Waals surface area (Å²) in [4.78, 5) is 4.66. The molecule has 0 aliphatic rings. The van der Waals surface area contributed by atoms with Crippen molar-refractivity contribution in [1.82, 2.24) is 9.55 Å². The van der Waals surface area contributed by atoms with Gasteiger partial charge in [0.25, 0.3) is 0 Å². The van der Waals surface area contributed by atoms with Crippen molar-refractivity contribution in [2.45, 2.75) is 13.5 Å². The monoisotopic (exact) mass is 238 g/mol. The molecule has 3 heteroatoms. The largest absolute Gasteiger partial charge is 0.508 e. The van der Waals surface area contributed by atoms with E-state index in [4.69, 9.17) is 0 Å². The summed E-state index contributed by atoms with van der Waals surface area (Å²) >= 11 is 0. The topological polar surface area (TPSA) is 38.0 Å². The third-order valence-electron chi connectivity index (χ3n) is 3.10. The Morgan fingerprint density at radius 2 is 1.78 bits per heavy atom. The van der Waals surface area contributed by atoms with Gasteiger partial charge in [0.15, 0.2) is 0 Å². The Balaban J connectivity index is 2.25. The molecule has 0 aliphatic heterocycles. The zero-order chi connectivity index (χ0) is 12.5. The van der Waals surface area contributed by atoms with E-state index in [0.29, 0.717) is 0 Å². The van der Waals surface area contributed by atoms with E-state index in [2.05, 4.69) is 22.5 Å². The Bertz CT molecular complexity index is 683. The minimum Gasteiger partial charge on any atom is -0.508 e. The predicted octanol–water partition coefficient (Wildman–Crippen LogP) is 3.43. The van der Waals surface area contributed by atoms with Gasteiger partial charge in [-0.05, 0) is 43.3 Å². The Kier molecular flexibility index (Phi) is 2.52. The van der Waals surface area contributed by atoms with Crippen molar-refractivity contribution in [3.8, 4) is 17.1 Å². The summed E-state index contributed by atoms with van der Waals surface area (Å²) in [6.45, 7) is 2.98. The zero-order valence-electron chi connectivity index (χ0n) is 10.2. The molecule has 0 atom stereocenters. The summed E-state index contributed by atoms with van der Waals surface area (Å²) in [5.41, 5.74) is 3.16. The van der Waals surface area contributed by atoms with E-state index in [9.17, 15) is 5.11 Å². The number of aryl methyl sites for hydroxylation is 1. The lowest BCUT2D eigenvalue weighted by atomic mass is 10.2. The van der Waals surface area contributed by atoms with Crippen LogP contribution >= 0.6 is 0 Å². The predicted molar refractivity (Wildman–Crippen MR) is 72.5 cm³/mol. The van der Waals surface area contributed by atoms with Crippen LogP contribution in [0.3, 0.4) is 0 Å². The van der Waals surface area contributed by atoms with Gasteiger partial charge < -0.3 is 9.67 Å². The maximum atomic E-state index is 9.34. The van der Waals surface area contributed by atoms with Crippen LogP contribution in [0.2, 0.25) is 0 Å². The summed E-state index contributed by atoms with van der Waals surface area (Å²) in [6.07, 6.45) is 0. The highest BCUT2D eigenvalue weighted by atomic mass is 16.3. The van der Waals surface area contributed by atoms with Gasteiger partial charge in [0.05, 0.1) is 11.0 Å². The molecule has 0 unspecified atom stereocenters. The van der Waals surface area contributed by atoms with E-state index in [1.165, 1.54) is 0 Å². The number of aromatic hydroxyl groups is 1. The Labute approximate surface area is 105 Å². The molecule has 1 N–H and O–H groups in total. The molecule has 0 saturated heterocycles. The second-order valence-electron chi connectivity index (χ2n) is 4.22. The van der Waals surface area contributed by atoms with Gasteiger partial charge in [-0.1, -0.05) is 12.1 Å². The minimum absolute atomic E-state index is 0.276. The highest BCUT2D eigenvalue weighted by Crippen LogP contribution is 2.25. The van der Waals surface area contributed by atoms with Crippen molar-refractivity contribution >= 4 is 11.0 Å². The fourth-order valence-electron chi connectivity index (χ4n) is 2.23. The van der Waals surface area contributed by atoms with Crippen LogP contribution in [0.1, 0.15) is 6.92 Å². The lowest BCUT2D eigenvalue weighted by molar-refractivity contribution is 0.475. The first-order valence-electron chi connectivity index (χ1n) is 6.04. The Morgan fingerprint density at radius 3 is 2.50 bits per heavy atom. The molecule has 0 saturated carbocycles. The van der Waals surface area contributed by atoms with Gasteiger partial charge in [0.1, 0.15) is 11.6 Å². The van der Waals surface area contributed by atoms with Gasteiger partial charge in [-0.25, -0.2) is 4.98 Å². The van der Waals surface area contributed by atoms with Crippen molar-refractivity contribution < 1.29 is 5.11 Å². The Morgan fingerprint density at radius 1 is 1.06 bits per heavy atom. The summed E-state index contributed by atoms with van der Waals surface area (Å²) in [6, 6.07) is 15.3. The number of para-hydroxylation sites is 2. The van der Waals surface area contributed by atoms with Gasteiger partial charge in [0, 0.05) is 12.1 Å². The molecule has 0 bridgehead atoms. The number of phenols is 1. The first-order valence-corrected chi connectivity index (χ1v) is 6.04. The van der Waals surface area contributed by atoms with Crippen molar-refractivity contribution in [1.29, 1.82) is 0 Å². The number of hydrogen-bond acceptors (Lipinski definition) is 2. The van der Waals surface area contributed by atoms with Gasteiger partial charge in [-0.3, -0.25) is 0 Å². The molecule has 1 heterocycles. The SMILES string of the molecule is CCn1c(-c2ccc(O)cc2)nc2ccccc21. The van der Waals surface area contributed by atoms with Crippen LogP contribution in [0.5, 0.6) is 5.75 Å². The second kappa shape index (κ2) is 4.18. The van der Waals surface area contributed by atoms with Crippen LogP contribution in [0.25, 0.3) is 22.4 Å². The molecule has 3 nitrogen and oxygen atoms in total. The van der Waals surface area contributed by atoms with Crippen LogP contribution in [0, 0.1) is 0 Å². The van der Waals surface area contributed by atoms with Crippen LogP contribution in [-0.2, 0) is 6.54 Å². The van der Waals surface area contributed by atoms with Gasteiger partial charge in [-0.15, -0.1) is 0 Å². The molecular weight excluding hydrogens is 224 g/mol. The molecule has 3 aromatic rings. The molecule has 0 aliphatic carbocycles. The number of rotatable bonds is 2. The lowest BCUT2D eigenvalue weighted by Gasteiger charge is -2.05. The van der Waals surface area contributed by atoms with E-state index in [0.717, 1.165) is 29.0 Å². The van der Waals surface area contributed by atoms with Crippen molar-refractivity contribution in [2.24, 2.45) is 0 Å². The molecule has 0 spiro atoms. The maximum absolute atomic E-state index is 9.34. The molecule has 0 fully saturated rings. The fourth-order valence-corrected chi connectivity index (χ4v) is 2.23. The summed E-state index contributed by atoms with van der Waals surface area (Å²) in [5.74, 6) is 1.22. The smallest absolute Gasteiger partial charge is 0.141 e. The zero-order valence-corrected chi connectivity index (χ0v) is 10.2. The normalized spacial score (nSPS) is 10.9. The van der Waals surface area contributed by atoms with Crippen LogP contribution in [0.4, 0.5) is 0 Å². The van der Waals surface area contributed by atoms with Crippen LogP contribution < -0.4 is 0 Å². The van der Waals surface area contributed by atoms with E-state index in [1.54, 1.807) is 12.1 Å². The van der Waals surface area contributed by atoms with Crippen molar-refractivity contribution in [2.75, 3.05) is 0 Å². The second-order valence-corrected chi connectivity index (χ2v) is 4.22. The first-order chi connectivity index (χ1) is 8.79. The third kappa shape index (κ3) is 1.64. The van der Waals surface area contributed by atoms with Gasteiger partial charge in [0.2, 0.25) is 0 Å². The molecule has 0 radical (unpaired) electrons. The molecular formula is C15H14N2O. The molecule has 90 valence electrons. The van der Waals surface area contributed by atoms with E-state index in [-0.39, 0.29) is 5.75 Å². The molecule has 18 heavy (non-hydrogen) atoms. The summed E-state index contributed by atoms with van der Waals surface area (Å²) in [5, 5.41) is 9.34. The average Bonchev–Trinajstić information content (AvgIpc) is 2.78. The van der Waals surface area contributed by atoms with Gasteiger partial charge in [-0.2, -0.15) is 0 Å². The number of phenolic OH excluding ortho intramolecular Hbond substituents is 1. The molecule has 1 aromatic heterocycles. The highest BCUT2D eigenvalue weighted by Gasteiger charge is 2.10. The maximum Gasteiger partial charge on any atom is 0.141 e. The van der Waals surface area contributed by atoms with Crippen LogP contribution in [0.15, 0.2) is 48.5 Å². The van der Waals surface area contributed by atoms with Gasteiger partial charge >= 0.3 is 0 Å². The van der Waals surface area contributed by atoms with E-state index < -0.39 is 0 Å². The first kappa shape index (κ1) is 10.8. The standard InChI is InChI=1S/C15H14N2O/c1-2-17-14-6-4-3-5-13(14)16-15(17)11-7-9-12(18)10-8-11/h3-10,18H,2H2,1H3. The highest BCUT2D eigenvalue weighted by molar-refractivity contribution is 5.80. The number of benzene rings is 2. The summed E-state index contributed by atoms with van der Waals surface area (Å²) in [7, 11) is 0. The van der Waals surface area contributed by atoms with Crippen LogP contribution in [-0.4, -0.2) is 14.7 Å². The average molecular weight is 238 g/mol. The summed E-state index contributed by atoms with van der Waals surface area (Å²) < 4.78 is 2.18. The molecule has 2 aromatic carbocycles. The Hall–Kier alpha value is -2.29. The minimum atomic E-state index is 0.276. The number of fused-ring (bicyclic) bond motifs is 1.